The standard InChI is InChI=1S/C22H26BrNO5S/c1-7-28-22(27)19-13(5)20(14(6)25)30-21(19)24-18(26)10-29-17-8-12(4)16(23)9-15(17)11(2)3/h8-9,11H,7,10H2,1-6H3,(H,24,26). The molecule has 0 atom stereocenters. The van der Waals surface area contributed by atoms with Crippen LogP contribution in [0.4, 0.5) is 5.00 Å². The molecule has 0 unspecified atom stereocenters. The smallest absolute Gasteiger partial charge is 0.341 e. The quantitative estimate of drug-likeness (QED) is 0.378. The summed E-state index contributed by atoms with van der Waals surface area (Å²) < 4.78 is 11.9. The first-order chi connectivity index (χ1) is 14.1. The summed E-state index contributed by atoms with van der Waals surface area (Å²) in [6, 6.07) is 3.88. The molecule has 0 aliphatic carbocycles. The predicted molar refractivity (Wildman–Crippen MR) is 122 cm³/mol. The maximum atomic E-state index is 12.6. The Morgan fingerprint density at radius 2 is 1.87 bits per heavy atom. The molecule has 1 aromatic carbocycles. The Bertz CT molecular complexity index is 980. The van der Waals surface area contributed by atoms with E-state index in [9.17, 15) is 14.4 Å². The largest absolute Gasteiger partial charge is 0.483 e. The fourth-order valence-corrected chi connectivity index (χ4v) is 4.41. The Morgan fingerprint density at radius 3 is 2.43 bits per heavy atom. The molecule has 0 saturated carbocycles. The van der Waals surface area contributed by atoms with Crippen LogP contribution in [0.2, 0.25) is 0 Å². The highest BCUT2D eigenvalue weighted by molar-refractivity contribution is 9.10. The van der Waals surface area contributed by atoms with E-state index >= 15 is 0 Å². The zero-order valence-electron chi connectivity index (χ0n) is 18.0. The lowest BCUT2D eigenvalue weighted by molar-refractivity contribution is -0.118. The number of rotatable bonds is 8. The normalized spacial score (nSPS) is 10.8. The minimum atomic E-state index is -0.569. The van der Waals surface area contributed by atoms with Crippen molar-refractivity contribution in [2.45, 2.75) is 47.5 Å². The number of anilines is 1. The number of Topliss-reactive ketones (excluding diaryl/α,β-unsaturated/α-hetero) is 1. The van der Waals surface area contributed by atoms with E-state index in [0.717, 1.165) is 26.9 Å². The van der Waals surface area contributed by atoms with Crippen molar-refractivity contribution in [1.82, 2.24) is 0 Å². The van der Waals surface area contributed by atoms with E-state index in [1.54, 1.807) is 13.8 Å². The van der Waals surface area contributed by atoms with Gasteiger partial charge >= 0.3 is 5.97 Å². The van der Waals surface area contributed by atoms with Crippen molar-refractivity contribution >= 4 is 49.9 Å². The Balaban J connectivity index is 2.23. The minimum absolute atomic E-state index is 0.174. The zero-order chi connectivity index (χ0) is 22.6. The van der Waals surface area contributed by atoms with Gasteiger partial charge < -0.3 is 14.8 Å². The fourth-order valence-electron chi connectivity index (χ4n) is 2.94. The Hall–Kier alpha value is -2.19. The number of hydrogen-bond donors (Lipinski definition) is 1. The summed E-state index contributed by atoms with van der Waals surface area (Å²) in [5.41, 5.74) is 2.70. The van der Waals surface area contributed by atoms with Gasteiger partial charge in [0.1, 0.15) is 10.8 Å². The van der Waals surface area contributed by atoms with Gasteiger partial charge in [-0.3, -0.25) is 9.59 Å². The molecular weight excluding hydrogens is 470 g/mol. The number of benzene rings is 1. The SMILES string of the molecule is CCOC(=O)c1c(NC(=O)COc2cc(C)c(Br)cc2C(C)C)sc(C(C)=O)c1C. The van der Waals surface area contributed by atoms with Gasteiger partial charge in [0.25, 0.3) is 5.91 Å². The molecule has 2 rings (SSSR count). The van der Waals surface area contributed by atoms with Gasteiger partial charge in [0.2, 0.25) is 0 Å². The van der Waals surface area contributed by atoms with Crippen LogP contribution in [-0.2, 0) is 9.53 Å². The maximum Gasteiger partial charge on any atom is 0.341 e. The number of nitrogens with one attached hydrogen (secondary N) is 1. The van der Waals surface area contributed by atoms with E-state index in [4.69, 9.17) is 9.47 Å². The minimum Gasteiger partial charge on any atom is -0.483 e. The lowest BCUT2D eigenvalue weighted by Gasteiger charge is -2.16. The predicted octanol–water partition coefficient (Wildman–Crippen LogP) is 5.65. The zero-order valence-corrected chi connectivity index (χ0v) is 20.4. The van der Waals surface area contributed by atoms with Crippen molar-refractivity contribution in [3.8, 4) is 5.75 Å². The fraction of sp³-hybridized carbons (Fsp3) is 0.409. The van der Waals surface area contributed by atoms with E-state index in [2.05, 4.69) is 21.2 Å². The number of aryl methyl sites for hydroxylation is 1. The molecule has 1 heterocycles. The highest BCUT2D eigenvalue weighted by Crippen LogP contribution is 2.35. The molecule has 0 fully saturated rings. The average Bonchev–Trinajstić information content (AvgIpc) is 2.98. The first kappa shape index (κ1) is 24.1. The monoisotopic (exact) mass is 495 g/mol. The molecule has 1 N–H and O–H groups in total. The molecule has 162 valence electrons. The second kappa shape index (κ2) is 10.2. The van der Waals surface area contributed by atoms with Crippen molar-refractivity contribution in [2.75, 3.05) is 18.5 Å². The topological polar surface area (TPSA) is 81.7 Å². The summed E-state index contributed by atoms with van der Waals surface area (Å²) in [7, 11) is 0. The summed E-state index contributed by atoms with van der Waals surface area (Å²) >= 11 is 4.59. The number of halogens is 1. The summed E-state index contributed by atoms with van der Waals surface area (Å²) in [6.45, 7) is 10.8. The van der Waals surface area contributed by atoms with Crippen LogP contribution in [0, 0.1) is 13.8 Å². The Labute approximate surface area is 189 Å². The van der Waals surface area contributed by atoms with E-state index in [1.807, 2.05) is 32.9 Å². The van der Waals surface area contributed by atoms with Crippen molar-refractivity contribution < 1.29 is 23.9 Å². The van der Waals surface area contributed by atoms with Gasteiger partial charge in [0.15, 0.2) is 12.4 Å². The van der Waals surface area contributed by atoms with Crippen LogP contribution in [0.1, 0.15) is 70.3 Å². The Morgan fingerprint density at radius 1 is 1.20 bits per heavy atom. The van der Waals surface area contributed by atoms with Crippen LogP contribution in [0.3, 0.4) is 0 Å². The van der Waals surface area contributed by atoms with Crippen LogP contribution in [-0.4, -0.2) is 30.9 Å². The molecule has 0 aliphatic rings. The lowest BCUT2D eigenvalue weighted by Crippen LogP contribution is -2.21. The lowest BCUT2D eigenvalue weighted by atomic mass is 10.0. The molecule has 6 nitrogen and oxygen atoms in total. The third kappa shape index (κ3) is 5.49. The third-order valence-electron chi connectivity index (χ3n) is 4.47. The number of amides is 1. The molecule has 0 radical (unpaired) electrons. The van der Waals surface area contributed by atoms with Crippen LogP contribution in [0.25, 0.3) is 0 Å². The third-order valence-corrected chi connectivity index (χ3v) is 6.63. The van der Waals surface area contributed by atoms with E-state index < -0.39 is 11.9 Å². The summed E-state index contributed by atoms with van der Waals surface area (Å²) in [5, 5.41) is 3.00. The van der Waals surface area contributed by atoms with Crippen molar-refractivity contribution in [3.05, 3.63) is 43.7 Å². The van der Waals surface area contributed by atoms with Crippen molar-refractivity contribution in [3.63, 3.8) is 0 Å². The number of esters is 1. The molecule has 0 bridgehead atoms. The molecule has 2 aromatic rings. The number of carbonyl (C=O) groups excluding carboxylic acids is 3. The van der Waals surface area contributed by atoms with Gasteiger partial charge in [0.05, 0.1) is 17.0 Å². The van der Waals surface area contributed by atoms with Crippen molar-refractivity contribution in [1.29, 1.82) is 0 Å². The van der Waals surface area contributed by atoms with Crippen LogP contribution in [0.5, 0.6) is 5.75 Å². The van der Waals surface area contributed by atoms with Gasteiger partial charge in [-0.2, -0.15) is 0 Å². The van der Waals surface area contributed by atoms with E-state index in [-0.39, 0.29) is 30.5 Å². The van der Waals surface area contributed by atoms with Crippen molar-refractivity contribution in [2.24, 2.45) is 0 Å². The molecule has 0 spiro atoms. The Kier molecular flexibility index (Phi) is 8.20. The molecule has 1 amide bonds. The highest BCUT2D eigenvalue weighted by atomic mass is 79.9. The van der Waals surface area contributed by atoms with Gasteiger partial charge in [-0.1, -0.05) is 29.8 Å². The number of ketones is 1. The van der Waals surface area contributed by atoms with Crippen LogP contribution < -0.4 is 10.1 Å². The molecule has 1 aromatic heterocycles. The highest BCUT2D eigenvalue weighted by Gasteiger charge is 2.25. The number of hydrogen-bond acceptors (Lipinski definition) is 6. The van der Waals surface area contributed by atoms with Gasteiger partial charge in [0, 0.05) is 4.47 Å². The molecule has 8 heteroatoms. The number of ether oxygens (including phenoxy) is 2. The van der Waals surface area contributed by atoms with E-state index in [1.165, 1.54) is 6.92 Å². The summed E-state index contributed by atoms with van der Waals surface area (Å²) in [4.78, 5) is 37.2. The maximum absolute atomic E-state index is 12.6. The first-order valence-electron chi connectivity index (χ1n) is 9.60. The van der Waals surface area contributed by atoms with Gasteiger partial charge in [-0.05, 0) is 62.4 Å². The van der Waals surface area contributed by atoms with Crippen LogP contribution >= 0.6 is 27.3 Å². The van der Waals surface area contributed by atoms with Gasteiger partial charge in [-0.15, -0.1) is 11.3 Å². The molecule has 0 saturated heterocycles. The summed E-state index contributed by atoms with van der Waals surface area (Å²) in [6.07, 6.45) is 0. The first-order valence-corrected chi connectivity index (χ1v) is 11.2. The molecular formula is C22H26BrNO5S. The molecule has 30 heavy (non-hydrogen) atoms. The number of thiophene rings is 1. The van der Waals surface area contributed by atoms with E-state index in [0.29, 0.717) is 21.2 Å². The number of carbonyl (C=O) groups is 3. The summed E-state index contributed by atoms with van der Waals surface area (Å²) in [5.74, 6) is -0.314. The molecule has 0 aliphatic heterocycles. The second-order valence-corrected chi connectivity index (χ2v) is 9.04. The second-order valence-electron chi connectivity index (χ2n) is 7.17. The van der Waals surface area contributed by atoms with Gasteiger partial charge in [-0.25, -0.2) is 4.79 Å². The average molecular weight is 496 g/mol. The van der Waals surface area contributed by atoms with Crippen LogP contribution in [0.15, 0.2) is 16.6 Å².